The number of carbonyl (C=O) groups is 3. The van der Waals surface area contributed by atoms with Crippen LogP contribution in [0.5, 0.6) is 5.75 Å². The highest BCUT2D eigenvalue weighted by molar-refractivity contribution is 6.01. The van der Waals surface area contributed by atoms with Crippen molar-refractivity contribution in [2.24, 2.45) is 0 Å². The molecule has 0 bridgehead atoms. The number of rotatable bonds is 8. The van der Waals surface area contributed by atoms with E-state index in [4.69, 9.17) is 14.9 Å². The maximum absolute atomic E-state index is 13.0. The zero-order chi connectivity index (χ0) is 34.3. The molecule has 49 heavy (non-hydrogen) atoms. The predicted octanol–water partition coefficient (Wildman–Crippen LogP) is 7.02. The quantitative estimate of drug-likeness (QED) is 0.163. The number of pyridine rings is 1. The van der Waals surface area contributed by atoms with Gasteiger partial charge in [-0.15, -0.1) is 0 Å². The van der Waals surface area contributed by atoms with Gasteiger partial charge in [-0.1, -0.05) is 72.8 Å². The number of anilines is 1. The summed E-state index contributed by atoms with van der Waals surface area (Å²) in [5.41, 5.74) is 6.02. The van der Waals surface area contributed by atoms with Crippen molar-refractivity contribution in [2.45, 2.75) is 12.5 Å². The summed E-state index contributed by atoms with van der Waals surface area (Å²) in [6.07, 6.45) is 8.62. The van der Waals surface area contributed by atoms with E-state index in [0.29, 0.717) is 11.4 Å². The normalized spacial score (nSPS) is 14.1. The number of fused-ring (bicyclic) bond motifs is 4. The number of carbonyl (C=O) groups excluding carboxylic acids is 1. The Balaban J connectivity index is 0.000000295. The average molecular weight is 652 g/mol. The van der Waals surface area contributed by atoms with E-state index in [1.165, 1.54) is 29.8 Å². The minimum atomic E-state index is -1.23. The topological polar surface area (TPSA) is 129 Å². The molecule has 1 aromatic heterocycles. The summed E-state index contributed by atoms with van der Waals surface area (Å²) in [4.78, 5) is 40.7. The van der Waals surface area contributed by atoms with E-state index < -0.39 is 11.9 Å². The molecule has 0 spiro atoms. The van der Waals surface area contributed by atoms with Crippen LogP contribution in [0.4, 0.5) is 5.69 Å². The highest BCUT2D eigenvalue weighted by atomic mass is 16.5. The number of likely N-dealkylation sites (N-methyl/N-ethyl adjacent to an activating group) is 1. The van der Waals surface area contributed by atoms with E-state index in [9.17, 15) is 14.4 Å². The van der Waals surface area contributed by atoms with Crippen molar-refractivity contribution in [2.75, 3.05) is 18.5 Å². The largest absolute Gasteiger partial charge is 0.481 e. The number of ether oxygens (including phenoxy) is 1. The lowest BCUT2D eigenvalue weighted by Crippen LogP contribution is -2.23. The van der Waals surface area contributed by atoms with Crippen LogP contribution in [0.1, 0.15) is 42.3 Å². The summed E-state index contributed by atoms with van der Waals surface area (Å²) in [5.74, 6) is -1.85. The maximum atomic E-state index is 13.0. The number of nitrogens with zero attached hydrogens (tertiary/aromatic N) is 2. The standard InChI is InChI=1S/C32H27N3O2.C8H6O4/c1-35(19-18-22-8-3-2-4-9-22)25-15-17-31-27(21-25)26-20-24(11-7-13-30(26)37-31)33-32(36)29-16-14-23-10-5-6-12-28(23)34-29;9-7(10)5-3-1-2-4-6(5)8(11)12/h2-17,20-21,30H,18-19H2,1H3,(H,33,36);1-4H,(H,9,10)(H,11,12). The van der Waals surface area contributed by atoms with E-state index in [2.05, 4.69) is 58.6 Å². The van der Waals surface area contributed by atoms with Crippen LogP contribution in [-0.2, 0) is 6.42 Å². The van der Waals surface area contributed by atoms with Crippen LogP contribution in [-0.4, -0.2) is 52.7 Å². The minimum absolute atomic E-state index is 0.190. The second-order valence-electron chi connectivity index (χ2n) is 11.5. The van der Waals surface area contributed by atoms with E-state index in [1.54, 1.807) is 6.07 Å². The fourth-order valence-corrected chi connectivity index (χ4v) is 5.61. The van der Waals surface area contributed by atoms with Crippen molar-refractivity contribution in [3.05, 3.63) is 167 Å². The number of aromatic carboxylic acids is 2. The lowest BCUT2D eigenvalue weighted by molar-refractivity contribution is 0.0651. The third kappa shape index (κ3) is 7.58. The molecule has 0 saturated carbocycles. The number of aromatic nitrogens is 1. The van der Waals surface area contributed by atoms with Crippen molar-refractivity contribution >= 4 is 40.0 Å². The molecule has 0 fully saturated rings. The van der Waals surface area contributed by atoms with Crippen LogP contribution in [0.3, 0.4) is 0 Å². The third-order valence-electron chi connectivity index (χ3n) is 8.20. The smallest absolute Gasteiger partial charge is 0.336 e. The fraction of sp³-hybridized carbons (Fsp3) is 0.100. The van der Waals surface area contributed by atoms with Crippen molar-refractivity contribution in [1.29, 1.82) is 0 Å². The summed E-state index contributed by atoms with van der Waals surface area (Å²) < 4.78 is 6.21. The van der Waals surface area contributed by atoms with E-state index in [1.807, 2.05) is 66.8 Å². The van der Waals surface area contributed by atoms with Crippen molar-refractivity contribution in [3.63, 3.8) is 0 Å². The lowest BCUT2D eigenvalue weighted by atomic mass is 10.0. The fourth-order valence-electron chi connectivity index (χ4n) is 5.61. The molecule has 1 aliphatic heterocycles. The molecule has 244 valence electrons. The van der Waals surface area contributed by atoms with Gasteiger partial charge >= 0.3 is 11.9 Å². The summed E-state index contributed by atoms with van der Waals surface area (Å²) in [5, 5.41) is 21.1. The van der Waals surface area contributed by atoms with Crippen LogP contribution in [0.25, 0.3) is 16.5 Å². The van der Waals surface area contributed by atoms with Gasteiger partial charge in [0.15, 0.2) is 0 Å². The van der Waals surface area contributed by atoms with Crippen LogP contribution < -0.4 is 15.0 Å². The second-order valence-corrected chi connectivity index (χ2v) is 11.5. The number of nitrogens with one attached hydrogen (secondary N) is 1. The SMILES string of the molecule is CN(CCc1ccccc1)c1ccc2c(c1)C1=CC(NC(=O)c3ccc4ccccc4n3)=CC=CC1O2.O=C(O)c1ccccc1C(=O)O. The molecule has 5 aromatic rings. The minimum Gasteiger partial charge on any atom is -0.481 e. The Kier molecular flexibility index (Phi) is 9.62. The first-order chi connectivity index (χ1) is 23.8. The van der Waals surface area contributed by atoms with Crippen LogP contribution in [0.15, 0.2) is 139 Å². The van der Waals surface area contributed by atoms with E-state index in [0.717, 1.165) is 46.4 Å². The Morgan fingerprint density at radius 1 is 0.837 bits per heavy atom. The number of carboxylic acid groups (broad SMARTS) is 2. The van der Waals surface area contributed by atoms with Gasteiger partial charge in [-0.2, -0.15) is 0 Å². The van der Waals surface area contributed by atoms with Gasteiger partial charge in [-0.3, -0.25) is 4.79 Å². The molecule has 2 aliphatic rings. The molecular formula is C40H33N3O6. The molecule has 1 aliphatic carbocycles. The molecule has 1 unspecified atom stereocenters. The molecule has 1 atom stereocenters. The molecule has 1 amide bonds. The summed E-state index contributed by atoms with van der Waals surface area (Å²) in [7, 11) is 2.11. The lowest BCUT2D eigenvalue weighted by Gasteiger charge is -2.20. The highest BCUT2D eigenvalue weighted by Crippen LogP contribution is 2.41. The van der Waals surface area contributed by atoms with Gasteiger partial charge in [0.2, 0.25) is 0 Å². The second kappa shape index (κ2) is 14.5. The number of amides is 1. The Hall–Kier alpha value is -6.48. The number of hydrogen-bond donors (Lipinski definition) is 3. The molecule has 3 N–H and O–H groups in total. The maximum Gasteiger partial charge on any atom is 0.336 e. The summed E-state index contributed by atoms with van der Waals surface area (Å²) >= 11 is 0. The van der Waals surface area contributed by atoms with Crippen molar-refractivity contribution in [3.8, 4) is 5.75 Å². The first-order valence-corrected chi connectivity index (χ1v) is 15.7. The number of benzene rings is 4. The van der Waals surface area contributed by atoms with Gasteiger partial charge < -0.3 is 25.2 Å². The molecule has 0 saturated heterocycles. The van der Waals surface area contributed by atoms with Gasteiger partial charge in [-0.05, 0) is 72.7 Å². The van der Waals surface area contributed by atoms with Crippen LogP contribution in [0, 0.1) is 0 Å². The van der Waals surface area contributed by atoms with Gasteiger partial charge in [0.05, 0.1) is 16.6 Å². The number of para-hydroxylation sites is 1. The van der Waals surface area contributed by atoms with Gasteiger partial charge in [0.25, 0.3) is 5.91 Å². The molecule has 0 radical (unpaired) electrons. The number of carboxylic acids is 2. The molecule has 4 aromatic carbocycles. The Morgan fingerprint density at radius 3 is 2.27 bits per heavy atom. The summed E-state index contributed by atoms with van der Waals surface area (Å²) in [6, 6.07) is 33.8. The first-order valence-electron chi connectivity index (χ1n) is 15.7. The summed E-state index contributed by atoms with van der Waals surface area (Å²) in [6.45, 7) is 0.909. The number of hydrogen-bond acceptors (Lipinski definition) is 6. The zero-order valence-electron chi connectivity index (χ0n) is 26.6. The van der Waals surface area contributed by atoms with Gasteiger partial charge in [0.1, 0.15) is 17.5 Å². The molecular weight excluding hydrogens is 618 g/mol. The Bertz CT molecular complexity index is 2100. The monoisotopic (exact) mass is 651 g/mol. The molecule has 7 rings (SSSR count). The highest BCUT2D eigenvalue weighted by Gasteiger charge is 2.29. The molecule has 9 nitrogen and oxygen atoms in total. The van der Waals surface area contributed by atoms with Crippen molar-refractivity contribution < 1.29 is 29.3 Å². The van der Waals surface area contributed by atoms with E-state index in [-0.39, 0.29) is 23.1 Å². The average Bonchev–Trinajstić information content (AvgIpc) is 3.34. The first kappa shape index (κ1) is 32.5. The third-order valence-corrected chi connectivity index (χ3v) is 8.20. The van der Waals surface area contributed by atoms with Crippen molar-refractivity contribution in [1.82, 2.24) is 10.3 Å². The zero-order valence-corrected chi connectivity index (χ0v) is 26.6. The molecule has 2 heterocycles. The van der Waals surface area contributed by atoms with Crippen LogP contribution >= 0.6 is 0 Å². The predicted molar refractivity (Wildman–Crippen MR) is 189 cm³/mol. The Labute approximate surface area is 283 Å². The molecule has 9 heteroatoms. The Morgan fingerprint density at radius 2 is 1.53 bits per heavy atom. The van der Waals surface area contributed by atoms with E-state index >= 15 is 0 Å². The van der Waals surface area contributed by atoms with Crippen LogP contribution in [0.2, 0.25) is 0 Å². The number of allylic oxidation sites excluding steroid dienone is 3. The van der Waals surface area contributed by atoms with Gasteiger partial charge in [-0.25, -0.2) is 14.6 Å². The van der Waals surface area contributed by atoms with Gasteiger partial charge in [0, 0.05) is 41.5 Å².